The molecule has 0 N–H and O–H groups in total. The van der Waals surface area contributed by atoms with Crippen LogP contribution in [0.25, 0.3) is 22.4 Å². The second kappa shape index (κ2) is 7.29. The summed E-state index contributed by atoms with van der Waals surface area (Å²) in [5.41, 5.74) is 2.01. The molecule has 1 aliphatic carbocycles. The van der Waals surface area contributed by atoms with Gasteiger partial charge in [-0.15, -0.1) is 10.2 Å². The van der Waals surface area contributed by atoms with Crippen LogP contribution >= 0.6 is 11.6 Å². The Hall–Kier alpha value is -3.25. The fourth-order valence-electron chi connectivity index (χ4n) is 3.26. The number of para-hydroxylation sites is 1. The first-order valence-electron chi connectivity index (χ1n) is 9.42. The van der Waals surface area contributed by atoms with Crippen molar-refractivity contribution in [3.63, 3.8) is 0 Å². The Labute approximate surface area is 172 Å². The van der Waals surface area contributed by atoms with Gasteiger partial charge in [0.25, 0.3) is 5.91 Å². The van der Waals surface area contributed by atoms with Gasteiger partial charge in [-0.1, -0.05) is 35.9 Å². The van der Waals surface area contributed by atoms with Crippen molar-refractivity contribution in [2.75, 3.05) is 0 Å². The fraction of sp³-hybridized carbons (Fsp3) is 0.182. The summed E-state index contributed by atoms with van der Waals surface area (Å²) in [6, 6.07) is 18.8. The van der Waals surface area contributed by atoms with E-state index in [0.717, 1.165) is 29.3 Å². The Morgan fingerprint density at radius 3 is 2.62 bits per heavy atom. The average Bonchev–Trinajstić information content (AvgIpc) is 3.49. The molecule has 6 nitrogen and oxygen atoms in total. The smallest absolute Gasteiger partial charge is 0.273 e. The number of hydrogen-bond acceptors (Lipinski definition) is 5. The van der Waals surface area contributed by atoms with Gasteiger partial charge in [0, 0.05) is 22.0 Å². The van der Waals surface area contributed by atoms with Crippen molar-refractivity contribution in [3.8, 4) is 11.5 Å². The standard InChI is InChI=1S/C22H17ClN4O2/c23-16-8-5-15(6-9-16)21-26-25-20(29-21)13-27(17-10-11-17)22(28)19-12-7-14-3-1-2-4-18(14)24-19/h1-9,12,17H,10-11,13H2. The van der Waals surface area contributed by atoms with Crippen molar-refractivity contribution in [2.24, 2.45) is 0 Å². The molecule has 0 radical (unpaired) electrons. The van der Waals surface area contributed by atoms with E-state index in [0.29, 0.717) is 22.5 Å². The van der Waals surface area contributed by atoms with Gasteiger partial charge in [0.15, 0.2) is 0 Å². The molecule has 0 bridgehead atoms. The number of amides is 1. The minimum absolute atomic E-state index is 0.121. The van der Waals surface area contributed by atoms with E-state index in [1.165, 1.54) is 0 Å². The van der Waals surface area contributed by atoms with Crippen molar-refractivity contribution in [3.05, 3.63) is 77.3 Å². The van der Waals surface area contributed by atoms with Gasteiger partial charge in [0.2, 0.25) is 11.8 Å². The van der Waals surface area contributed by atoms with Crippen molar-refractivity contribution in [2.45, 2.75) is 25.4 Å². The summed E-state index contributed by atoms with van der Waals surface area (Å²) in [6.45, 7) is 0.262. The zero-order valence-electron chi connectivity index (χ0n) is 15.5. The fourth-order valence-corrected chi connectivity index (χ4v) is 3.38. The van der Waals surface area contributed by atoms with Crippen LogP contribution in [-0.2, 0) is 6.54 Å². The number of carbonyl (C=O) groups excluding carboxylic acids is 1. The van der Waals surface area contributed by atoms with E-state index in [2.05, 4.69) is 15.2 Å². The van der Waals surface area contributed by atoms with E-state index in [-0.39, 0.29) is 18.5 Å². The Morgan fingerprint density at radius 2 is 1.83 bits per heavy atom. The monoisotopic (exact) mass is 404 g/mol. The third kappa shape index (κ3) is 3.71. The molecule has 1 amide bonds. The van der Waals surface area contributed by atoms with Gasteiger partial charge in [-0.2, -0.15) is 0 Å². The molecule has 0 spiro atoms. The van der Waals surface area contributed by atoms with Crippen LogP contribution in [0.5, 0.6) is 0 Å². The van der Waals surface area contributed by atoms with Crippen LogP contribution in [0.15, 0.2) is 65.1 Å². The van der Waals surface area contributed by atoms with E-state index in [4.69, 9.17) is 16.0 Å². The summed E-state index contributed by atoms with van der Waals surface area (Å²) in [6.07, 6.45) is 1.94. The van der Waals surface area contributed by atoms with Crippen molar-refractivity contribution >= 4 is 28.4 Å². The quantitative estimate of drug-likeness (QED) is 0.480. The van der Waals surface area contributed by atoms with Crippen molar-refractivity contribution < 1.29 is 9.21 Å². The van der Waals surface area contributed by atoms with Crippen LogP contribution in [0.3, 0.4) is 0 Å². The number of aromatic nitrogens is 3. The van der Waals surface area contributed by atoms with Gasteiger partial charge in [-0.3, -0.25) is 4.79 Å². The Morgan fingerprint density at radius 1 is 1.03 bits per heavy atom. The molecule has 0 unspecified atom stereocenters. The molecule has 144 valence electrons. The molecular formula is C22H17ClN4O2. The first kappa shape index (κ1) is 17.8. The Bertz CT molecular complexity index is 1180. The topological polar surface area (TPSA) is 72.1 Å². The molecule has 2 aromatic heterocycles. The van der Waals surface area contributed by atoms with E-state index in [9.17, 15) is 4.79 Å². The van der Waals surface area contributed by atoms with Gasteiger partial charge in [-0.05, 0) is 49.2 Å². The Balaban J connectivity index is 1.39. The highest BCUT2D eigenvalue weighted by molar-refractivity contribution is 6.30. The lowest BCUT2D eigenvalue weighted by molar-refractivity contribution is 0.0709. The van der Waals surface area contributed by atoms with Gasteiger partial charge in [0.05, 0.1) is 12.1 Å². The molecule has 1 aliphatic rings. The highest BCUT2D eigenvalue weighted by Gasteiger charge is 2.35. The third-order valence-electron chi connectivity index (χ3n) is 4.93. The normalized spacial score (nSPS) is 13.6. The maximum atomic E-state index is 13.1. The van der Waals surface area contributed by atoms with Crippen LogP contribution in [0.4, 0.5) is 0 Å². The van der Waals surface area contributed by atoms with Crippen LogP contribution in [0, 0.1) is 0 Å². The molecular weight excluding hydrogens is 388 g/mol. The average molecular weight is 405 g/mol. The minimum Gasteiger partial charge on any atom is -0.419 e. The SMILES string of the molecule is O=C(c1ccc2ccccc2n1)N(Cc1nnc(-c2ccc(Cl)cc2)o1)C1CC1. The number of nitrogens with zero attached hydrogens (tertiary/aromatic N) is 4. The number of benzene rings is 2. The second-order valence-corrected chi connectivity index (χ2v) is 7.50. The predicted molar refractivity (Wildman–Crippen MR) is 109 cm³/mol. The van der Waals surface area contributed by atoms with E-state index in [1.54, 1.807) is 23.1 Å². The lowest BCUT2D eigenvalue weighted by Crippen LogP contribution is -2.33. The number of pyridine rings is 1. The van der Waals surface area contributed by atoms with Crippen LogP contribution < -0.4 is 0 Å². The predicted octanol–water partition coefficient (Wildman–Crippen LogP) is 4.74. The molecule has 29 heavy (non-hydrogen) atoms. The van der Waals surface area contributed by atoms with Gasteiger partial charge >= 0.3 is 0 Å². The highest BCUT2D eigenvalue weighted by atomic mass is 35.5. The van der Waals surface area contributed by atoms with Crippen LogP contribution in [0.1, 0.15) is 29.2 Å². The van der Waals surface area contributed by atoms with E-state index in [1.807, 2.05) is 42.5 Å². The molecule has 1 fully saturated rings. The molecule has 2 heterocycles. The number of rotatable bonds is 5. The molecule has 7 heteroatoms. The molecule has 0 saturated heterocycles. The van der Waals surface area contributed by atoms with Crippen LogP contribution in [0.2, 0.25) is 5.02 Å². The summed E-state index contributed by atoms with van der Waals surface area (Å²) in [7, 11) is 0. The van der Waals surface area contributed by atoms with E-state index >= 15 is 0 Å². The van der Waals surface area contributed by atoms with Crippen LogP contribution in [-0.4, -0.2) is 32.0 Å². The largest absolute Gasteiger partial charge is 0.419 e. The Kier molecular flexibility index (Phi) is 4.48. The summed E-state index contributed by atoms with van der Waals surface area (Å²) in [5.74, 6) is 0.684. The molecule has 1 saturated carbocycles. The van der Waals surface area contributed by atoms with Crippen molar-refractivity contribution in [1.82, 2.24) is 20.1 Å². The summed E-state index contributed by atoms with van der Waals surface area (Å²) in [4.78, 5) is 19.5. The lowest BCUT2D eigenvalue weighted by Gasteiger charge is -2.20. The van der Waals surface area contributed by atoms with Gasteiger partial charge in [0.1, 0.15) is 5.69 Å². The first-order valence-corrected chi connectivity index (χ1v) is 9.80. The molecule has 2 aromatic carbocycles. The lowest BCUT2D eigenvalue weighted by atomic mass is 10.2. The van der Waals surface area contributed by atoms with Gasteiger partial charge < -0.3 is 9.32 Å². The number of fused-ring (bicyclic) bond motifs is 1. The maximum absolute atomic E-state index is 13.1. The van der Waals surface area contributed by atoms with Gasteiger partial charge in [-0.25, -0.2) is 4.98 Å². The number of carbonyl (C=O) groups is 1. The molecule has 5 rings (SSSR count). The molecule has 4 aromatic rings. The third-order valence-corrected chi connectivity index (χ3v) is 5.18. The summed E-state index contributed by atoms with van der Waals surface area (Å²) >= 11 is 5.93. The second-order valence-electron chi connectivity index (χ2n) is 7.06. The molecule has 0 aliphatic heterocycles. The highest BCUT2D eigenvalue weighted by Crippen LogP contribution is 2.30. The van der Waals surface area contributed by atoms with E-state index < -0.39 is 0 Å². The zero-order valence-corrected chi connectivity index (χ0v) is 16.2. The minimum atomic E-state index is -0.121. The van der Waals surface area contributed by atoms with Crippen molar-refractivity contribution in [1.29, 1.82) is 0 Å². The molecule has 0 atom stereocenters. The number of halogens is 1. The number of hydrogen-bond donors (Lipinski definition) is 0. The maximum Gasteiger partial charge on any atom is 0.273 e. The summed E-state index contributed by atoms with van der Waals surface area (Å²) < 4.78 is 5.79. The summed E-state index contributed by atoms with van der Waals surface area (Å²) in [5, 5.41) is 9.88. The first-order chi connectivity index (χ1) is 14.2. The zero-order chi connectivity index (χ0) is 19.8.